The lowest BCUT2D eigenvalue weighted by molar-refractivity contribution is -0.182. The third-order valence-electron chi connectivity index (χ3n) is 13.2. The van der Waals surface area contributed by atoms with E-state index in [-0.39, 0.29) is 35.0 Å². The second-order valence-electron chi connectivity index (χ2n) is 16.3. The number of ketones is 2. The number of rotatable bonds is 5. The summed E-state index contributed by atoms with van der Waals surface area (Å²) in [6.45, 7) is 12.0. The van der Waals surface area contributed by atoms with E-state index < -0.39 is 63.5 Å². The summed E-state index contributed by atoms with van der Waals surface area (Å²) in [4.78, 5) is 58.6. The van der Waals surface area contributed by atoms with Crippen molar-refractivity contribution in [3.63, 3.8) is 0 Å². The van der Waals surface area contributed by atoms with Gasteiger partial charge in [-0.05, 0) is 79.1 Å². The number of hydroxylamine groups is 1. The third kappa shape index (κ3) is 4.96. The van der Waals surface area contributed by atoms with Crippen molar-refractivity contribution in [1.82, 2.24) is 10.8 Å². The van der Waals surface area contributed by atoms with Crippen LogP contribution in [0.25, 0.3) is 0 Å². The lowest BCUT2D eigenvalue weighted by Gasteiger charge is -2.69. The third-order valence-corrected chi connectivity index (χ3v) is 13.2. The number of carbonyl (C=O) groups excluding carboxylic acids is 4. The van der Waals surface area contributed by atoms with Crippen molar-refractivity contribution in [3.8, 4) is 6.07 Å². The number of hydrogen-bond donors (Lipinski definition) is 2. The molecule has 0 aromatic rings. The van der Waals surface area contributed by atoms with Gasteiger partial charge in [-0.2, -0.15) is 23.9 Å². The predicted octanol–water partition coefficient (Wildman–Crippen LogP) is 5.93. The van der Waals surface area contributed by atoms with Gasteiger partial charge in [-0.3, -0.25) is 19.2 Å². The molecule has 2 N–H and O–H groups in total. The minimum Gasteiger partial charge on any atom is -0.371 e. The number of alkyl halides is 3. The highest BCUT2D eigenvalue weighted by atomic mass is 19.4. The van der Waals surface area contributed by atoms with Gasteiger partial charge in [0.2, 0.25) is 5.91 Å². The molecule has 0 bridgehead atoms. The van der Waals surface area contributed by atoms with Crippen LogP contribution in [0.3, 0.4) is 0 Å². The van der Waals surface area contributed by atoms with E-state index >= 15 is 0 Å². The SMILES string of the molecule is CC(=O)ONC[C@]1(C)C(=O)C(C#N)=C[C@]2(C)C3=CC(=O)C4C5CC(C)(C)CC[C@]5(C(=O)NCC(F)(F)F)CC[C@@]4(C)[C@]3(C)CCC21. The quantitative estimate of drug-likeness (QED) is 0.355. The number of nitriles is 1. The second-order valence-corrected chi connectivity index (χ2v) is 16.3. The second kappa shape index (κ2) is 10.8. The van der Waals surface area contributed by atoms with Crippen LogP contribution in [0, 0.1) is 61.6 Å². The Hall–Kier alpha value is -3.00. The Morgan fingerprint density at radius 3 is 2.30 bits per heavy atom. The first-order chi connectivity index (χ1) is 21.1. The van der Waals surface area contributed by atoms with Gasteiger partial charge >= 0.3 is 12.1 Å². The Kier molecular flexibility index (Phi) is 8.03. The van der Waals surface area contributed by atoms with Crippen LogP contribution in [0.1, 0.15) is 93.4 Å². The number of halogens is 3. The van der Waals surface area contributed by atoms with Crippen LogP contribution >= 0.6 is 0 Å². The zero-order valence-electron chi connectivity index (χ0n) is 27.9. The smallest absolute Gasteiger partial charge is 0.371 e. The van der Waals surface area contributed by atoms with Gasteiger partial charge in [-0.15, -0.1) is 0 Å². The van der Waals surface area contributed by atoms with E-state index in [4.69, 9.17) is 4.84 Å². The topological polar surface area (TPSA) is 125 Å². The first-order valence-corrected chi connectivity index (χ1v) is 16.3. The number of allylic oxidation sites excluding steroid dienone is 4. The van der Waals surface area contributed by atoms with Crippen molar-refractivity contribution in [2.75, 3.05) is 13.1 Å². The summed E-state index contributed by atoms with van der Waals surface area (Å²) in [5, 5.41) is 12.3. The minimum atomic E-state index is -4.54. The van der Waals surface area contributed by atoms with Gasteiger partial charge < -0.3 is 10.2 Å². The van der Waals surface area contributed by atoms with Crippen molar-refractivity contribution in [1.29, 1.82) is 5.26 Å². The molecule has 0 aromatic carbocycles. The summed E-state index contributed by atoms with van der Waals surface area (Å²) >= 11 is 0. The van der Waals surface area contributed by atoms with E-state index in [1.165, 1.54) is 6.92 Å². The van der Waals surface area contributed by atoms with E-state index in [1.807, 2.05) is 6.92 Å². The van der Waals surface area contributed by atoms with Crippen molar-refractivity contribution in [3.05, 3.63) is 23.3 Å². The number of nitrogens with one attached hydrogen (secondary N) is 2. The zero-order chi connectivity index (χ0) is 34.3. The molecule has 1 amide bonds. The van der Waals surface area contributed by atoms with Gasteiger partial charge in [0.25, 0.3) is 0 Å². The average molecular weight is 646 g/mol. The fraction of sp³-hybridized carbons (Fsp3) is 0.743. The molecule has 5 aliphatic carbocycles. The van der Waals surface area contributed by atoms with Gasteiger partial charge in [-0.1, -0.05) is 53.2 Å². The fourth-order valence-corrected chi connectivity index (χ4v) is 10.7. The molecule has 3 fully saturated rings. The maximum atomic E-state index is 14.6. The van der Waals surface area contributed by atoms with Crippen LogP contribution in [-0.2, 0) is 24.0 Å². The Bertz CT molecular complexity index is 1480. The minimum absolute atomic E-state index is 0.00472. The monoisotopic (exact) mass is 645 g/mol. The van der Waals surface area contributed by atoms with E-state index in [0.29, 0.717) is 44.9 Å². The van der Waals surface area contributed by atoms with E-state index in [1.54, 1.807) is 19.1 Å². The summed E-state index contributed by atoms with van der Waals surface area (Å²) in [5.41, 5.74) is -0.943. The molecule has 0 spiro atoms. The van der Waals surface area contributed by atoms with E-state index in [0.717, 1.165) is 5.57 Å². The molecule has 0 aliphatic heterocycles. The van der Waals surface area contributed by atoms with Crippen LogP contribution in [0.4, 0.5) is 13.2 Å². The lowest BCUT2D eigenvalue weighted by atomic mass is 9.34. The maximum Gasteiger partial charge on any atom is 0.405 e. The van der Waals surface area contributed by atoms with Gasteiger partial charge in [-0.25, -0.2) is 0 Å². The summed E-state index contributed by atoms with van der Waals surface area (Å²) in [6, 6.07) is 2.08. The van der Waals surface area contributed by atoms with Gasteiger partial charge in [0, 0.05) is 24.8 Å². The number of carbonyl (C=O) groups is 4. The number of nitrogens with zero attached hydrogens (tertiary/aromatic N) is 1. The van der Waals surface area contributed by atoms with E-state index in [9.17, 15) is 37.6 Å². The van der Waals surface area contributed by atoms with Crippen molar-refractivity contribution < 1.29 is 37.2 Å². The summed E-state index contributed by atoms with van der Waals surface area (Å²) < 4.78 is 39.6. The molecule has 252 valence electrons. The standard InChI is InChI=1S/C35H46F3N3O5/c1-20(42)46-41-18-31(5)24-8-9-32(6)25(30(24,4)15-21(17-39)27(31)44)14-23(43)26-22-16-29(2,3)10-12-34(22,13-11-33(26,32)7)28(45)40-19-35(36,37)38/h14-15,22,24,26,41H,8-13,16,18-19H2,1-7H3,(H,40,45)/t22?,24?,26?,30-,31-,32+,33+,34-/m0/s1. The zero-order valence-corrected chi connectivity index (χ0v) is 27.9. The highest BCUT2D eigenvalue weighted by Crippen LogP contribution is 2.74. The van der Waals surface area contributed by atoms with Gasteiger partial charge in [0.1, 0.15) is 12.6 Å². The van der Waals surface area contributed by atoms with Crippen molar-refractivity contribution >= 4 is 23.4 Å². The maximum absolute atomic E-state index is 14.6. The molecular formula is C35H46F3N3O5. The van der Waals surface area contributed by atoms with Crippen LogP contribution in [-0.4, -0.2) is 42.7 Å². The molecule has 0 radical (unpaired) electrons. The Morgan fingerprint density at radius 2 is 1.70 bits per heavy atom. The Morgan fingerprint density at radius 1 is 1.04 bits per heavy atom. The molecule has 3 unspecified atom stereocenters. The first-order valence-electron chi connectivity index (χ1n) is 16.3. The molecule has 8 atom stereocenters. The normalized spacial score (nSPS) is 41.4. The first kappa shape index (κ1) is 34.3. The van der Waals surface area contributed by atoms with Gasteiger partial charge in [0.05, 0.1) is 16.4 Å². The molecule has 0 heterocycles. The number of hydrogen-bond acceptors (Lipinski definition) is 7. The van der Waals surface area contributed by atoms with Gasteiger partial charge in [0.15, 0.2) is 11.6 Å². The highest BCUT2D eigenvalue weighted by Gasteiger charge is 2.71. The highest BCUT2D eigenvalue weighted by molar-refractivity contribution is 6.05. The summed E-state index contributed by atoms with van der Waals surface area (Å²) in [6.07, 6.45) is 2.58. The molecule has 11 heteroatoms. The van der Waals surface area contributed by atoms with Crippen molar-refractivity contribution in [2.24, 2.45) is 50.2 Å². The molecule has 5 rings (SSSR count). The van der Waals surface area contributed by atoms with Crippen LogP contribution in [0.5, 0.6) is 0 Å². The number of amides is 1. The number of fused-ring (bicyclic) bond motifs is 7. The molecule has 8 nitrogen and oxygen atoms in total. The molecule has 3 saturated carbocycles. The largest absolute Gasteiger partial charge is 0.405 e. The summed E-state index contributed by atoms with van der Waals surface area (Å²) in [7, 11) is 0. The number of Topliss-reactive ketones (excluding diaryl/α,β-unsaturated/α-hetero) is 1. The van der Waals surface area contributed by atoms with Crippen LogP contribution < -0.4 is 10.8 Å². The van der Waals surface area contributed by atoms with Crippen molar-refractivity contribution in [2.45, 2.75) is 99.6 Å². The van der Waals surface area contributed by atoms with E-state index in [2.05, 4.69) is 44.6 Å². The van der Waals surface area contributed by atoms with Crippen LogP contribution in [0.2, 0.25) is 0 Å². The molecule has 0 saturated heterocycles. The molecule has 46 heavy (non-hydrogen) atoms. The fourth-order valence-electron chi connectivity index (χ4n) is 10.7. The molecular weight excluding hydrogens is 599 g/mol. The average Bonchev–Trinajstić information content (AvgIpc) is 2.94. The lowest BCUT2D eigenvalue weighted by Crippen LogP contribution is -2.67. The Balaban J connectivity index is 1.62. The predicted molar refractivity (Wildman–Crippen MR) is 162 cm³/mol. The van der Waals surface area contributed by atoms with Crippen LogP contribution in [0.15, 0.2) is 23.3 Å². The molecule has 0 aromatic heterocycles. The molecule has 5 aliphatic rings. The Labute approximate surface area is 268 Å². The summed E-state index contributed by atoms with van der Waals surface area (Å²) in [5.74, 6) is -2.99.